The van der Waals surface area contributed by atoms with E-state index in [1.165, 1.54) is 17.8 Å². The van der Waals surface area contributed by atoms with Crippen molar-refractivity contribution in [1.29, 1.82) is 0 Å². The van der Waals surface area contributed by atoms with Crippen molar-refractivity contribution in [1.82, 2.24) is 10.2 Å². The Bertz CT molecular complexity index is 471. The Balaban J connectivity index is 1.90. The number of aliphatic carboxylic acids is 1. The Hall–Kier alpha value is -1.63. The standard InChI is InChI=1S/C11H13N3O3S/c12-10(17)7-1-2-8(14-13-7)18-6-11(3-4-11)5-9(15)16/h1-2H,3-6H2,(H2,12,17)(H,15,16). The van der Waals surface area contributed by atoms with E-state index in [0.29, 0.717) is 10.8 Å². The van der Waals surface area contributed by atoms with E-state index in [1.807, 2.05) is 0 Å². The van der Waals surface area contributed by atoms with Crippen LogP contribution in [0.25, 0.3) is 0 Å². The molecular formula is C11H13N3O3S. The van der Waals surface area contributed by atoms with E-state index in [0.717, 1.165) is 12.8 Å². The van der Waals surface area contributed by atoms with Crippen LogP contribution >= 0.6 is 11.8 Å². The van der Waals surface area contributed by atoms with Gasteiger partial charge in [0, 0.05) is 5.75 Å². The van der Waals surface area contributed by atoms with Gasteiger partial charge in [-0.15, -0.1) is 22.0 Å². The molecule has 18 heavy (non-hydrogen) atoms. The third-order valence-corrected chi connectivity index (χ3v) is 4.17. The maximum atomic E-state index is 10.8. The van der Waals surface area contributed by atoms with Crippen molar-refractivity contribution < 1.29 is 14.7 Å². The summed E-state index contributed by atoms with van der Waals surface area (Å²) >= 11 is 1.46. The van der Waals surface area contributed by atoms with Crippen LogP contribution in [0.4, 0.5) is 0 Å². The molecule has 1 amide bonds. The van der Waals surface area contributed by atoms with E-state index in [4.69, 9.17) is 10.8 Å². The molecule has 0 spiro atoms. The fourth-order valence-corrected chi connectivity index (χ4v) is 2.73. The predicted molar refractivity (Wildman–Crippen MR) is 65.2 cm³/mol. The average molecular weight is 267 g/mol. The van der Waals surface area contributed by atoms with Gasteiger partial charge >= 0.3 is 5.97 Å². The van der Waals surface area contributed by atoms with Crippen molar-refractivity contribution in [2.45, 2.75) is 24.3 Å². The second-order valence-corrected chi connectivity index (χ2v) is 5.48. The summed E-state index contributed by atoms with van der Waals surface area (Å²) in [7, 11) is 0. The first-order chi connectivity index (χ1) is 8.51. The van der Waals surface area contributed by atoms with Gasteiger partial charge in [0.2, 0.25) is 0 Å². The second-order valence-electron chi connectivity index (χ2n) is 4.48. The van der Waals surface area contributed by atoms with E-state index in [9.17, 15) is 9.59 Å². The highest BCUT2D eigenvalue weighted by Crippen LogP contribution is 2.51. The summed E-state index contributed by atoms with van der Waals surface area (Å²) in [6, 6.07) is 3.20. The SMILES string of the molecule is NC(=O)c1ccc(SCC2(CC(=O)O)CC2)nn1. The van der Waals surface area contributed by atoms with Crippen molar-refractivity contribution in [2.75, 3.05) is 5.75 Å². The van der Waals surface area contributed by atoms with Crippen LogP contribution in [-0.4, -0.2) is 32.9 Å². The molecule has 1 aliphatic rings. The number of aromatic nitrogens is 2. The van der Waals surface area contributed by atoms with Crippen molar-refractivity contribution in [3.05, 3.63) is 17.8 Å². The maximum absolute atomic E-state index is 10.8. The molecule has 3 N–H and O–H groups in total. The molecule has 7 heteroatoms. The number of thioether (sulfide) groups is 1. The van der Waals surface area contributed by atoms with Crippen molar-refractivity contribution in [3.63, 3.8) is 0 Å². The highest BCUT2D eigenvalue weighted by atomic mass is 32.2. The smallest absolute Gasteiger partial charge is 0.303 e. The van der Waals surface area contributed by atoms with Crippen LogP contribution in [0, 0.1) is 5.41 Å². The summed E-state index contributed by atoms with van der Waals surface area (Å²) in [5, 5.41) is 17.0. The lowest BCUT2D eigenvalue weighted by molar-refractivity contribution is -0.138. The Morgan fingerprint density at radius 1 is 1.39 bits per heavy atom. The molecule has 6 nitrogen and oxygen atoms in total. The number of nitrogens with zero attached hydrogens (tertiary/aromatic N) is 2. The van der Waals surface area contributed by atoms with Gasteiger partial charge < -0.3 is 10.8 Å². The first kappa shape index (κ1) is 12.8. The minimum Gasteiger partial charge on any atom is -0.481 e. The zero-order valence-electron chi connectivity index (χ0n) is 9.63. The Morgan fingerprint density at radius 2 is 2.11 bits per heavy atom. The fraction of sp³-hybridized carbons (Fsp3) is 0.455. The highest BCUT2D eigenvalue weighted by molar-refractivity contribution is 7.99. The zero-order valence-corrected chi connectivity index (χ0v) is 10.4. The highest BCUT2D eigenvalue weighted by Gasteiger charge is 2.44. The number of amides is 1. The first-order valence-electron chi connectivity index (χ1n) is 5.49. The lowest BCUT2D eigenvalue weighted by Crippen LogP contribution is -2.14. The number of carboxylic acid groups (broad SMARTS) is 1. The topological polar surface area (TPSA) is 106 Å². The van der Waals surface area contributed by atoms with Gasteiger partial charge in [0.05, 0.1) is 6.42 Å². The molecule has 1 aliphatic carbocycles. The Labute approximate surface area is 108 Å². The van der Waals surface area contributed by atoms with Crippen LogP contribution in [0.2, 0.25) is 0 Å². The van der Waals surface area contributed by atoms with E-state index in [1.54, 1.807) is 6.07 Å². The summed E-state index contributed by atoms with van der Waals surface area (Å²) in [4.78, 5) is 21.5. The molecule has 1 saturated carbocycles. The molecule has 1 aromatic rings. The van der Waals surface area contributed by atoms with Crippen LogP contribution < -0.4 is 5.73 Å². The van der Waals surface area contributed by atoms with Crippen LogP contribution in [-0.2, 0) is 4.79 Å². The Morgan fingerprint density at radius 3 is 2.56 bits per heavy atom. The molecule has 0 radical (unpaired) electrons. The number of carboxylic acids is 1. The lowest BCUT2D eigenvalue weighted by atomic mass is 10.1. The number of hydrogen-bond donors (Lipinski definition) is 2. The quantitative estimate of drug-likeness (QED) is 0.742. The molecule has 0 bridgehead atoms. The van der Waals surface area contributed by atoms with Gasteiger partial charge in [0.25, 0.3) is 5.91 Å². The molecule has 0 aliphatic heterocycles. The summed E-state index contributed by atoms with van der Waals surface area (Å²) in [5.41, 5.74) is 5.11. The van der Waals surface area contributed by atoms with Gasteiger partial charge in [-0.2, -0.15) is 0 Å². The third kappa shape index (κ3) is 3.19. The van der Waals surface area contributed by atoms with Crippen molar-refractivity contribution >= 4 is 23.6 Å². The van der Waals surface area contributed by atoms with E-state index in [2.05, 4.69) is 10.2 Å². The second kappa shape index (κ2) is 4.93. The number of primary amides is 1. The van der Waals surface area contributed by atoms with E-state index in [-0.39, 0.29) is 17.5 Å². The monoisotopic (exact) mass is 267 g/mol. The lowest BCUT2D eigenvalue weighted by Gasteiger charge is -2.10. The van der Waals surface area contributed by atoms with Crippen LogP contribution in [0.5, 0.6) is 0 Å². The normalized spacial score (nSPS) is 16.2. The van der Waals surface area contributed by atoms with Gasteiger partial charge in [0.15, 0.2) is 5.69 Å². The van der Waals surface area contributed by atoms with Gasteiger partial charge in [-0.25, -0.2) is 0 Å². The van der Waals surface area contributed by atoms with Crippen molar-refractivity contribution in [2.24, 2.45) is 11.1 Å². The molecule has 1 aromatic heterocycles. The molecule has 0 unspecified atom stereocenters. The number of nitrogens with two attached hydrogens (primary N) is 1. The molecule has 0 aromatic carbocycles. The average Bonchev–Trinajstić information content (AvgIpc) is 3.06. The van der Waals surface area contributed by atoms with E-state index >= 15 is 0 Å². The van der Waals surface area contributed by atoms with Gasteiger partial charge in [-0.05, 0) is 30.4 Å². The first-order valence-corrected chi connectivity index (χ1v) is 6.47. The zero-order chi connectivity index (χ0) is 13.2. The summed E-state index contributed by atoms with van der Waals surface area (Å²) in [5.74, 6) is -0.656. The minimum atomic E-state index is -0.761. The molecule has 1 heterocycles. The summed E-state index contributed by atoms with van der Waals surface area (Å²) in [6.45, 7) is 0. The molecular weight excluding hydrogens is 254 g/mol. The van der Waals surface area contributed by atoms with Gasteiger partial charge in [-0.3, -0.25) is 9.59 Å². The van der Waals surface area contributed by atoms with Crippen LogP contribution in [0.1, 0.15) is 29.8 Å². The minimum absolute atomic E-state index is 0.0828. The van der Waals surface area contributed by atoms with Gasteiger partial charge in [0.1, 0.15) is 5.03 Å². The fourth-order valence-electron chi connectivity index (χ4n) is 1.63. The maximum Gasteiger partial charge on any atom is 0.303 e. The number of hydrogen-bond acceptors (Lipinski definition) is 5. The molecule has 1 fully saturated rings. The largest absolute Gasteiger partial charge is 0.481 e. The number of carbonyl (C=O) groups excluding carboxylic acids is 1. The summed E-state index contributed by atoms with van der Waals surface area (Å²) < 4.78 is 0. The Kier molecular flexibility index (Phi) is 3.51. The molecule has 0 atom stereocenters. The third-order valence-electron chi connectivity index (χ3n) is 2.90. The van der Waals surface area contributed by atoms with Crippen LogP contribution in [0.15, 0.2) is 17.2 Å². The number of carbonyl (C=O) groups is 2. The predicted octanol–water partition coefficient (Wildman–Crippen LogP) is 0.922. The van der Waals surface area contributed by atoms with Crippen LogP contribution in [0.3, 0.4) is 0 Å². The molecule has 0 saturated heterocycles. The van der Waals surface area contributed by atoms with Gasteiger partial charge in [-0.1, -0.05) is 0 Å². The molecule has 2 rings (SSSR count). The van der Waals surface area contributed by atoms with Crippen molar-refractivity contribution in [3.8, 4) is 0 Å². The van der Waals surface area contributed by atoms with E-state index < -0.39 is 11.9 Å². The number of rotatable bonds is 6. The molecule has 96 valence electrons. The summed E-state index contributed by atoms with van der Waals surface area (Å²) in [6.07, 6.45) is 2.09.